The Labute approximate surface area is 234 Å². The average molecular weight is 552 g/mol. The van der Waals surface area contributed by atoms with Gasteiger partial charge in [0.2, 0.25) is 5.91 Å². The third-order valence-electron chi connectivity index (χ3n) is 8.26. The second-order valence-electron chi connectivity index (χ2n) is 11.0. The number of carbonyl (C=O) groups is 2. The largest absolute Gasteiger partial charge is 0.356 e. The van der Waals surface area contributed by atoms with E-state index in [0.717, 1.165) is 73.7 Å². The van der Waals surface area contributed by atoms with Crippen LogP contribution >= 0.6 is 11.6 Å². The third-order valence-corrected chi connectivity index (χ3v) is 8.58. The summed E-state index contributed by atoms with van der Waals surface area (Å²) in [6.07, 6.45) is 6.07. The van der Waals surface area contributed by atoms with Crippen LogP contribution < -0.4 is 10.2 Å². The number of rotatable bonds is 5. The first-order chi connectivity index (χ1) is 18.6. The monoisotopic (exact) mass is 551 g/mol. The summed E-state index contributed by atoms with van der Waals surface area (Å²) < 4.78 is 14.3. The van der Waals surface area contributed by atoms with Crippen molar-refractivity contribution in [3.8, 4) is 0 Å². The number of nitrogens with one attached hydrogen (secondary N) is 1. The van der Waals surface area contributed by atoms with Crippen LogP contribution in [-0.4, -0.2) is 58.9 Å². The van der Waals surface area contributed by atoms with Gasteiger partial charge in [-0.25, -0.2) is 14.4 Å². The smallest absolute Gasteiger partial charge is 0.256 e. The van der Waals surface area contributed by atoms with Gasteiger partial charge in [-0.3, -0.25) is 9.59 Å². The van der Waals surface area contributed by atoms with Crippen LogP contribution in [0.3, 0.4) is 0 Å². The second kappa shape index (κ2) is 11.1. The number of aryl methyl sites for hydroxylation is 2. The van der Waals surface area contributed by atoms with Crippen LogP contribution in [0.4, 0.5) is 10.2 Å². The summed E-state index contributed by atoms with van der Waals surface area (Å²) in [4.78, 5) is 39.8. The summed E-state index contributed by atoms with van der Waals surface area (Å²) in [5, 5.41) is 3.05. The van der Waals surface area contributed by atoms with Crippen LogP contribution in [0.5, 0.6) is 0 Å². The van der Waals surface area contributed by atoms with Crippen LogP contribution in [0, 0.1) is 25.6 Å². The second-order valence-corrected chi connectivity index (χ2v) is 11.4. The number of likely N-dealkylation sites (N-methyl/N-ethyl adjacent to an activating group) is 1. The molecule has 0 saturated carbocycles. The summed E-state index contributed by atoms with van der Waals surface area (Å²) in [5.41, 5.74) is 3.82. The zero-order chi connectivity index (χ0) is 27.8. The number of halogens is 2. The molecule has 3 aliphatic rings. The van der Waals surface area contributed by atoms with E-state index in [1.54, 1.807) is 0 Å². The van der Waals surface area contributed by atoms with Crippen LogP contribution in [-0.2, 0) is 4.79 Å². The van der Waals surface area contributed by atoms with Crippen molar-refractivity contribution in [2.24, 2.45) is 5.92 Å². The van der Waals surface area contributed by atoms with E-state index in [0.29, 0.717) is 0 Å². The lowest BCUT2D eigenvalue weighted by Crippen LogP contribution is -2.47. The molecule has 1 aromatic carbocycles. The summed E-state index contributed by atoms with van der Waals surface area (Å²) in [7, 11) is 1.90. The average Bonchev–Trinajstić information content (AvgIpc) is 3.27. The minimum absolute atomic E-state index is 0.0374. The van der Waals surface area contributed by atoms with Gasteiger partial charge in [0.15, 0.2) is 0 Å². The fourth-order valence-electron chi connectivity index (χ4n) is 6.16. The van der Waals surface area contributed by atoms with Gasteiger partial charge in [0, 0.05) is 43.5 Å². The van der Waals surface area contributed by atoms with Crippen molar-refractivity contribution in [1.82, 2.24) is 20.2 Å². The van der Waals surface area contributed by atoms with Crippen molar-refractivity contribution in [2.45, 2.75) is 65.0 Å². The molecule has 2 aliphatic carbocycles. The molecule has 0 radical (unpaired) electrons. The van der Waals surface area contributed by atoms with Crippen molar-refractivity contribution in [1.29, 1.82) is 0 Å². The molecule has 5 rings (SSSR count). The first kappa shape index (κ1) is 27.3. The van der Waals surface area contributed by atoms with E-state index in [4.69, 9.17) is 11.6 Å². The molecule has 1 unspecified atom stereocenters. The molecule has 2 heterocycles. The molecule has 206 valence electrons. The Hall–Kier alpha value is -3.26. The van der Waals surface area contributed by atoms with Crippen molar-refractivity contribution in [2.75, 3.05) is 25.0 Å². The normalized spacial score (nSPS) is 21.5. The molecule has 1 aliphatic heterocycles. The molecule has 1 N–H and O–H groups in total. The molecule has 1 fully saturated rings. The zero-order valence-corrected chi connectivity index (χ0v) is 23.7. The first-order valence-electron chi connectivity index (χ1n) is 13.6. The molecular weight excluding hydrogens is 517 g/mol. The van der Waals surface area contributed by atoms with E-state index in [2.05, 4.69) is 27.1 Å². The van der Waals surface area contributed by atoms with Crippen LogP contribution in [0.15, 0.2) is 47.1 Å². The predicted octanol–water partition coefficient (Wildman–Crippen LogP) is 5.17. The van der Waals surface area contributed by atoms with E-state index < -0.39 is 11.7 Å². The van der Waals surface area contributed by atoms with Crippen molar-refractivity contribution >= 4 is 29.2 Å². The number of carbonyl (C=O) groups excluding carboxylic acids is 2. The standard InChI is InChI=1S/C30H35ClFN5O2/c1-17-14-20-8-9-26(35-29(38)28-24(31)6-5-7-25(28)32)23(20)16-22(17)30(39)36(4)21-10-12-37(13-11-21)27-15-18(2)33-19(3)34-27/h5-7,15-17,21,26H,8-14H2,1-4H3,(H,35,38)/t17?,26-/m1/s1. The minimum atomic E-state index is -0.645. The van der Waals surface area contributed by atoms with Crippen LogP contribution in [0.25, 0.3) is 0 Å². The van der Waals surface area contributed by atoms with E-state index >= 15 is 0 Å². The highest BCUT2D eigenvalue weighted by atomic mass is 35.5. The van der Waals surface area contributed by atoms with E-state index in [1.165, 1.54) is 23.8 Å². The molecule has 1 saturated heterocycles. The van der Waals surface area contributed by atoms with Gasteiger partial charge >= 0.3 is 0 Å². The molecule has 2 atom stereocenters. The lowest BCUT2D eigenvalue weighted by molar-refractivity contribution is -0.128. The highest BCUT2D eigenvalue weighted by Crippen LogP contribution is 2.40. The molecular formula is C30H35ClFN5O2. The van der Waals surface area contributed by atoms with Crippen molar-refractivity contribution in [3.05, 3.63) is 75.0 Å². The molecule has 9 heteroatoms. The zero-order valence-electron chi connectivity index (χ0n) is 22.9. The number of hydrogen-bond donors (Lipinski definition) is 1. The van der Waals surface area contributed by atoms with Gasteiger partial charge < -0.3 is 15.1 Å². The van der Waals surface area contributed by atoms with Gasteiger partial charge in [-0.1, -0.05) is 30.2 Å². The topological polar surface area (TPSA) is 78.4 Å². The minimum Gasteiger partial charge on any atom is -0.356 e. The van der Waals surface area contributed by atoms with Gasteiger partial charge in [0.05, 0.1) is 16.6 Å². The molecule has 39 heavy (non-hydrogen) atoms. The number of amides is 2. The SMILES string of the molecule is Cc1cc(N2CCC(N(C)C(=O)C3=CC4=C(CC[C@H]4NC(=O)c4c(F)cccc4Cl)CC3C)CC2)nc(C)n1. The molecule has 2 aromatic rings. The number of anilines is 1. The van der Waals surface area contributed by atoms with Crippen LogP contribution in [0.2, 0.25) is 5.02 Å². The molecule has 0 bridgehead atoms. The lowest BCUT2D eigenvalue weighted by atomic mass is 9.84. The van der Waals surface area contributed by atoms with Crippen molar-refractivity contribution < 1.29 is 14.0 Å². The maximum atomic E-state index is 14.3. The highest BCUT2D eigenvalue weighted by Gasteiger charge is 2.35. The highest BCUT2D eigenvalue weighted by molar-refractivity contribution is 6.33. The predicted molar refractivity (Wildman–Crippen MR) is 150 cm³/mol. The Kier molecular flexibility index (Phi) is 7.76. The summed E-state index contributed by atoms with van der Waals surface area (Å²) in [6, 6.07) is 6.10. The van der Waals surface area contributed by atoms with Gasteiger partial charge in [0.25, 0.3) is 5.91 Å². The van der Waals surface area contributed by atoms with Gasteiger partial charge in [-0.15, -0.1) is 0 Å². The van der Waals surface area contributed by atoms with Gasteiger partial charge in [-0.2, -0.15) is 0 Å². The van der Waals surface area contributed by atoms with Gasteiger partial charge in [0.1, 0.15) is 17.5 Å². The number of benzene rings is 1. The Morgan fingerprint density at radius 1 is 1.15 bits per heavy atom. The van der Waals surface area contributed by atoms with E-state index in [1.807, 2.05) is 37.9 Å². The quantitative estimate of drug-likeness (QED) is 0.555. The fraction of sp³-hybridized carbons (Fsp3) is 0.467. The molecule has 0 spiro atoms. The first-order valence-corrected chi connectivity index (χ1v) is 14.0. The Morgan fingerprint density at radius 3 is 2.59 bits per heavy atom. The van der Waals surface area contributed by atoms with Crippen LogP contribution in [0.1, 0.15) is 60.9 Å². The Morgan fingerprint density at radius 2 is 1.90 bits per heavy atom. The van der Waals surface area contributed by atoms with Crippen molar-refractivity contribution in [3.63, 3.8) is 0 Å². The number of hydrogen-bond acceptors (Lipinski definition) is 5. The third kappa shape index (κ3) is 5.57. The number of allylic oxidation sites excluding steroid dienone is 1. The molecule has 1 aromatic heterocycles. The maximum Gasteiger partial charge on any atom is 0.256 e. The number of aromatic nitrogens is 2. The number of nitrogens with zero attached hydrogens (tertiary/aromatic N) is 4. The fourth-order valence-corrected chi connectivity index (χ4v) is 6.40. The summed E-state index contributed by atoms with van der Waals surface area (Å²) >= 11 is 6.11. The van der Waals surface area contributed by atoms with Gasteiger partial charge in [-0.05, 0) is 75.7 Å². The maximum absolute atomic E-state index is 14.3. The number of piperidine rings is 1. The Balaban J connectivity index is 1.27. The van der Waals surface area contributed by atoms with E-state index in [-0.39, 0.29) is 34.5 Å². The Bertz CT molecular complexity index is 1320. The molecule has 2 amide bonds. The molecule has 7 nitrogen and oxygen atoms in total. The summed E-state index contributed by atoms with van der Waals surface area (Å²) in [6.45, 7) is 7.64. The lowest BCUT2D eigenvalue weighted by Gasteiger charge is -2.38. The summed E-state index contributed by atoms with van der Waals surface area (Å²) in [5.74, 6) is 0.672. The van der Waals surface area contributed by atoms with E-state index in [9.17, 15) is 14.0 Å².